The molecule has 0 radical (unpaired) electrons. The highest BCUT2D eigenvalue weighted by Crippen LogP contribution is 2.18. The smallest absolute Gasteiger partial charge is 0.306 e. The van der Waals surface area contributed by atoms with Gasteiger partial charge in [-0.25, -0.2) is 0 Å². The van der Waals surface area contributed by atoms with E-state index in [1.54, 1.807) is 0 Å². The first-order valence-electron chi connectivity index (χ1n) is 37.0. The summed E-state index contributed by atoms with van der Waals surface area (Å²) in [6.07, 6.45) is 95.0. The molecule has 89 heavy (non-hydrogen) atoms. The van der Waals surface area contributed by atoms with E-state index in [1.807, 2.05) is 21.1 Å². The summed E-state index contributed by atoms with van der Waals surface area (Å²) in [5.41, 5.74) is 0. The van der Waals surface area contributed by atoms with Crippen molar-refractivity contribution in [1.29, 1.82) is 0 Å². The quantitative estimate of drug-likeness (QED) is 0.0195. The van der Waals surface area contributed by atoms with Gasteiger partial charge in [0.25, 0.3) is 0 Å². The van der Waals surface area contributed by atoms with E-state index in [1.165, 1.54) is 205 Å². The number of ether oxygens (including phenoxy) is 4. The van der Waals surface area contributed by atoms with Gasteiger partial charge in [-0.15, -0.1) is 0 Å². The Balaban J connectivity index is 4.14. The van der Waals surface area contributed by atoms with Crippen LogP contribution in [0.1, 0.15) is 322 Å². The molecule has 9 nitrogen and oxygen atoms in total. The van der Waals surface area contributed by atoms with Crippen LogP contribution in [0.4, 0.5) is 0 Å². The maximum Gasteiger partial charge on any atom is 0.306 e. The van der Waals surface area contributed by atoms with Crippen LogP contribution in [-0.4, -0.2) is 82.3 Å². The first-order valence-corrected chi connectivity index (χ1v) is 37.0. The van der Waals surface area contributed by atoms with Crippen molar-refractivity contribution in [1.82, 2.24) is 0 Å². The number of aliphatic carboxylic acids is 1. The van der Waals surface area contributed by atoms with Crippen LogP contribution in [0.5, 0.6) is 0 Å². The van der Waals surface area contributed by atoms with Crippen molar-refractivity contribution in [2.75, 3.05) is 47.5 Å². The number of unbranched alkanes of at least 4 members (excludes halogenated alkanes) is 35. The molecule has 0 rings (SSSR count). The van der Waals surface area contributed by atoms with Gasteiger partial charge in [0.2, 0.25) is 0 Å². The fourth-order valence-corrected chi connectivity index (χ4v) is 10.4. The fourth-order valence-electron chi connectivity index (χ4n) is 10.4. The SMILES string of the molecule is CC/C=C\C/C=C\C/C=C\C/C=C\C/C=C\C/C=C\C/C=C\C/C=C\C/C=C\CCCC(=O)OC(COC(=O)CCCCCCCCCCCCCCCCCCCCCCCCCCCCCCCCCCCCC)COC(OCC[N+](C)(C)C)C(=O)[O-]. The highest BCUT2D eigenvalue weighted by atomic mass is 16.7. The zero-order valence-electron chi connectivity index (χ0n) is 58.5. The van der Waals surface area contributed by atoms with Gasteiger partial charge in [0, 0.05) is 12.8 Å². The van der Waals surface area contributed by atoms with Gasteiger partial charge in [-0.1, -0.05) is 342 Å². The van der Waals surface area contributed by atoms with E-state index >= 15 is 0 Å². The number of rotatable bonds is 68. The lowest BCUT2D eigenvalue weighted by atomic mass is 10.0. The third kappa shape index (κ3) is 71.3. The molecular weight excluding hydrogens is 1100 g/mol. The molecule has 0 aliphatic carbocycles. The number of carbonyl (C=O) groups is 3. The molecule has 0 aliphatic heterocycles. The number of nitrogens with zero attached hydrogens (tertiary/aromatic N) is 1. The number of carboxylic acids is 1. The van der Waals surface area contributed by atoms with Crippen molar-refractivity contribution in [3.63, 3.8) is 0 Å². The lowest BCUT2D eigenvalue weighted by molar-refractivity contribution is -0.870. The number of likely N-dealkylation sites (N-methyl/N-ethyl adjacent to an activating group) is 1. The number of esters is 2. The Bertz CT molecular complexity index is 1830. The van der Waals surface area contributed by atoms with Gasteiger partial charge < -0.3 is 33.3 Å². The highest BCUT2D eigenvalue weighted by molar-refractivity contribution is 5.70. The minimum atomic E-state index is -1.64. The van der Waals surface area contributed by atoms with E-state index in [-0.39, 0.29) is 38.6 Å². The van der Waals surface area contributed by atoms with Gasteiger partial charge in [-0.05, 0) is 77.0 Å². The van der Waals surface area contributed by atoms with Crippen molar-refractivity contribution < 1.29 is 42.9 Å². The number of carboxylic acid groups (broad SMARTS) is 1. The summed E-state index contributed by atoms with van der Waals surface area (Å²) >= 11 is 0. The molecule has 0 aromatic heterocycles. The van der Waals surface area contributed by atoms with Gasteiger partial charge in [-0.3, -0.25) is 9.59 Å². The molecule has 0 saturated carbocycles. The molecule has 9 heteroatoms. The van der Waals surface area contributed by atoms with Crippen LogP contribution >= 0.6 is 0 Å². The van der Waals surface area contributed by atoms with Crippen molar-refractivity contribution >= 4 is 17.9 Å². The number of quaternary nitrogens is 1. The Morgan fingerprint density at radius 2 is 0.640 bits per heavy atom. The second-order valence-electron chi connectivity index (χ2n) is 25.9. The van der Waals surface area contributed by atoms with Crippen LogP contribution in [0.25, 0.3) is 0 Å². The highest BCUT2D eigenvalue weighted by Gasteiger charge is 2.22. The number of carbonyl (C=O) groups excluding carboxylic acids is 3. The van der Waals surface area contributed by atoms with Crippen molar-refractivity contribution in [3.8, 4) is 0 Å². The van der Waals surface area contributed by atoms with Crippen LogP contribution in [0.3, 0.4) is 0 Å². The van der Waals surface area contributed by atoms with Crippen molar-refractivity contribution in [2.24, 2.45) is 0 Å². The van der Waals surface area contributed by atoms with E-state index in [0.717, 1.165) is 77.0 Å². The number of allylic oxidation sites excluding steroid dienone is 18. The topological polar surface area (TPSA) is 111 Å². The Morgan fingerprint density at radius 1 is 0.348 bits per heavy atom. The molecular formula is C80H139NO8. The minimum absolute atomic E-state index is 0.132. The third-order valence-electron chi connectivity index (χ3n) is 16.0. The predicted molar refractivity (Wildman–Crippen MR) is 380 cm³/mol. The predicted octanol–water partition coefficient (Wildman–Crippen LogP) is 22.0. The monoisotopic (exact) mass is 1240 g/mol. The molecule has 0 N–H and O–H groups in total. The summed E-state index contributed by atoms with van der Waals surface area (Å²) in [5, 5.41) is 11.8. The van der Waals surface area contributed by atoms with Crippen LogP contribution in [0.2, 0.25) is 0 Å². The fraction of sp³-hybridized carbons (Fsp3) is 0.738. The number of hydrogen-bond acceptors (Lipinski definition) is 8. The molecule has 512 valence electrons. The Labute approximate surface area is 549 Å². The van der Waals surface area contributed by atoms with E-state index < -0.39 is 24.3 Å². The molecule has 0 bridgehead atoms. The largest absolute Gasteiger partial charge is 0.545 e. The maximum absolute atomic E-state index is 12.9. The molecule has 0 aromatic rings. The second kappa shape index (κ2) is 69.8. The minimum Gasteiger partial charge on any atom is -0.545 e. The molecule has 2 unspecified atom stereocenters. The first-order chi connectivity index (χ1) is 43.6. The van der Waals surface area contributed by atoms with Crippen LogP contribution in [0.15, 0.2) is 109 Å². The average molecular weight is 1240 g/mol. The Hall–Kier alpha value is -4.05. The third-order valence-corrected chi connectivity index (χ3v) is 16.0. The van der Waals surface area contributed by atoms with Gasteiger partial charge in [0.05, 0.1) is 40.3 Å². The summed E-state index contributed by atoms with van der Waals surface area (Å²) in [4.78, 5) is 37.5. The lowest BCUT2D eigenvalue weighted by Crippen LogP contribution is -2.44. The summed E-state index contributed by atoms with van der Waals surface area (Å²) in [5.74, 6) is -2.36. The standard InChI is InChI=1S/C80H139NO8/c1-6-8-10-12-14-16-18-20-22-24-26-28-30-32-34-36-37-38-39-40-41-43-44-46-48-50-52-54-56-58-60-62-64-66-68-70-77(82)87-74-76(75-88-80(79(84)85)86-73-72-81(3,4)5)89-78(83)71-69-67-65-63-61-59-57-55-53-51-49-47-45-42-35-33-31-29-27-25-23-21-19-17-15-13-11-9-7-2/h9,11,15,17,21,23,27,29,33,35,45,47,51,53,57,59,63,65,76,80H,6-8,10,12-14,16,18-20,22,24-26,28,30-32,34,36-44,46,48-50,52,54-56,58,60-62,64,66-75H2,1-5H3/b11-9-,17-15-,23-21-,29-27-,35-33-,47-45-,53-51-,59-57-,65-63-. The first kappa shape index (κ1) is 85.0. The van der Waals surface area contributed by atoms with E-state index in [0.29, 0.717) is 23.9 Å². The summed E-state index contributed by atoms with van der Waals surface area (Å²) in [6, 6.07) is 0. The second-order valence-corrected chi connectivity index (χ2v) is 25.9. The maximum atomic E-state index is 12.9. The van der Waals surface area contributed by atoms with Crippen LogP contribution < -0.4 is 5.11 Å². The molecule has 0 aromatic carbocycles. The molecule has 0 amide bonds. The Morgan fingerprint density at radius 3 is 0.944 bits per heavy atom. The van der Waals surface area contributed by atoms with Crippen molar-refractivity contribution in [2.45, 2.75) is 334 Å². The van der Waals surface area contributed by atoms with E-state index in [2.05, 4.69) is 123 Å². The summed E-state index contributed by atoms with van der Waals surface area (Å²) in [6.45, 7) is 4.60. The van der Waals surface area contributed by atoms with Gasteiger partial charge in [0.1, 0.15) is 13.2 Å². The molecule has 0 saturated heterocycles. The zero-order chi connectivity index (χ0) is 64.7. The lowest BCUT2D eigenvalue weighted by Gasteiger charge is -2.26. The average Bonchev–Trinajstić information content (AvgIpc) is 3.71. The molecule has 2 atom stereocenters. The Kier molecular flexibility index (Phi) is 66.7. The summed E-state index contributed by atoms with van der Waals surface area (Å²) < 4.78 is 22.7. The summed E-state index contributed by atoms with van der Waals surface area (Å²) in [7, 11) is 5.91. The normalized spacial score (nSPS) is 13.3. The zero-order valence-corrected chi connectivity index (χ0v) is 58.5. The van der Waals surface area contributed by atoms with Gasteiger partial charge in [0.15, 0.2) is 12.4 Å². The molecule has 0 spiro atoms. The van der Waals surface area contributed by atoms with Gasteiger partial charge in [-0.2, -0.15) is 0 Å². The number of hydrogen-bond donors (Lipinski definition) is 0. The van der Waals surface area contributed by atoms with Gasteiger partial charge >= 0.3 is 11.9 Å². The van der Waals surface area contributed by atoms with Crippen LogP contribution in [-0.2, 0) is 33.3 Å². The van der Waals surface area contributed by atoms with Crippen molar-refractivity contribution in [3.05, 3.63) is 109 Å². The van der Waals surface area contributed by atoms with E-state index in [9.17, 15) is 19.5 Å². The molecule has 0 heterocycles. The molecule has 0 fully saturated rings. The molecule has 0 aliphatic rings. The van der Waals surface area contributed by atoms with Crippen LogP contribution in [0, 0.1) is 0 Å². The van der Waals surface area contributed by atoms with E-state index in [4.69, 9.17) is 18.9 Å².